The number of carbonyl (C=O) groups is 2. The van der Waals surface area contributed by atoms with E-state index in [-0.39, 0.29) is 12.5 Å². The normalized spacial score (nSPS) is 10.3. The summed E-state index contributed by atoms with van der Waals surface area (Å²) >= 11 is 0. The number of hydrazine groups is 1. The van der Waals surface area contributed by atoms with E-state index >= 15 is 0 Å². The van der Waals surface area contributed by atoms with Crippen LogP contribution < -0.4 is 15.6 Å². The summed E-state index contributed by atoms with van der Waals surface area (Å²) < 4.78 is 5.40. The Hall–Kier alpha value is -2.82. The minimum atomic E-state index is -0.427. The molecule has 0 radical (unpaired) electrons. The lowest BCUT2D eigenvalue weighted by Gasteiger charge is -2.10. The first kappa shape index (κ1) is 17.5. The van der Waals surface area contributed by atoms with E-state index in [9.17, 15) is 9.59 Å². The van der Waals surface area contributed by atoms with Crippen LogP contribution in [0.2, 0.25) is 0 Å². The molecule has 126 valence electrons. The van der Waals surface area contributed by atoms with Gasteiger partial charge in [-0.15, -0.1) is 0 Å². The van der Waals surface area contributed by atoms with Crippen LogP contribution in [-0.4, -0.2) is 18.4 Å². The predicted octanol–water partition coefficient (Wildman–Crippen LogP) is 2.96. The van der Waals surface area contributed by atoms with Gasteiger partial charge in [0.15, 0.2) is 6.61 Å². The van der Waals surface area contributed by atoms with Crippen molar-refractivity contribution in [2.45, 2.75) is 26.7 Å². The molecule has 0 saturated carbocycles. The predicted molar refractivity (Wildman–Crippen MR) is 92.8 cm³/mol. The molecule has 0 aliphatic rings. The molecule has 5 heteroatoms. The fourth-order valence-corrected chi connectivity index (χ4v) is 2.12. The maximum Gasteiger partial charge on any atom is 0.276 e. The van der Waals surface area contributed by atoms with Crippen LogP contribution in [0.3, 0.4) is 0 Å². The lowest BCUT2D eigenvalue weighted by Crippen LogP contribution is -2.43. The van der Waals surface area contributed by atoms with Gasteiger partial charge in [0.25, 0.3) is 11.8 Å². The molecule has 24 heavy (non-hydrogen) atoms. The first-order chi connectivity index (χ1) is 11.5. The highest BCUT2D eigenvalue weighted by Crippen LogP contribution is 2.18. The number of amides is 2. The van der Waals surface area contributed by atoms with Crippen LogP contribution in [0.5, 0.6) is 5.75 Å². The van der Waals surface area contributed by atoms with Crippen LogP contribution in [0.25, 0.3) is 0 Å². The highest BCUT2D eigenvalue weighted by Gasteiger charge is 2.08. The van der Waals surface area contributed by atoms with E-state index in [0.29, 0.717) is 17.2 Å². The van der Waals surface area contributed by atoms with Crippen LogP contribution in [0.15, 0.2) is 48.5 Å². The molecule has 0 atom stereocenters. The zero-order valence-electron chi connectivity index (χ0n) is 14.1. The highest BCUT2D eigenvalue weighted by molar-refractivity contribution is 5.95. The van der Waals surface area contributed by atoms with Gasteiger partial charge >= 0.3 is 0 Å². The summed E-state index contributed by atoms with van der Waals surface area (Å²) in [5.41, 5.74) is 7.37. The summed E-state index contributed by atoms with van der Waals surface area (Å²) in [6, 6.07) is 14.7. The molecule has 2 aromatic rings. The molecule has 0 aliphatic heterocycles. The smallest absolute Gasteiger partial charge is 0.276 e. The van der Waals surface area contributed by atoms with E-state index in [4.69, 9.17) is 4.74 Å². The Morgan fingerprint density at radius 1 is 1.04 bits per heavy atom. The van der Waals surface area contributed by atoms with Gasteiger partial charge in [0.2, 0.25) is 0 Å². The molecule has 2 amide bonds. The molecule has 2 N–H and O–H groups in total. The van der Waals surface area contributed by atoms with Gasteiger partial charge < -0.3 is 4.74 Å². The number of nitrogens with one attached hydrogen (secondary N) is 2. The van der Waals surface area contributed by atoms with E-state index in [1.165, 1.54) is 5.56 Å². The van der Waals surface area contributed by atoms with Gasteiger partial charge in [-0.1, -0.05) is 43.7 Å². The van der Waals surface area contributed by atoms with Gasteiger partial charge in [-0.25, -0.2) is 0 Å². The zero-order chi connectivity index (χ0) is 17.5. The van der Waals surface area contributed by atoms with Crippen molar-refractivity contribution in [1.29, 1.82) is 0 Å². The molecule has 0 spiro atoms. The number of benzene rings is 2. The molecule has 0 unspecified atom stereocenters. The molecule has 0 aliphatic carbocycles. The van der Waals surface area contributed by atoms with Crippen molar-refractivity contribution in [3.05, 3.63) is 65.2 Å². The molecule has 0 saturated heterocycles. The number of hydrogen-bond donors (Lipinski definition) is 2. The lowest BCUT2D eigenvalue weighted by atomic mass is 10.0. The summed E-state index contributed by atoms with van der Waals surface area (Å²) in [5, 5.41) is 0. The maximum absolute atomic E-state index is 11.9. The van der Waals surface area contributed by atoms with Crippen molar-refractivity contribution in [1.82, 2.24) is 10.9 Å². The first-order valence-corrected chi connectivity index (χ1v) is 7.84. The molecule has 0 aromatic heterocycles. The van der Waals surface area contributed by atoms with Crippen LogP contribution >= 0.6 is 0 Å². The molecule has 5 nitrogen and oxygen atoms in total. The van der Waals surface area contributed by atoms with Crippen LogP contribution in [0.4, 0.5) is 0 Å². The standard InChI is InChI=1S/C19H22N2O3/c1-13(2)15-7-9-17(10-8-15)24-12-18(22)20-21-19(23)16-6-4-5-14(3)11-16/h4-11,13H,12H2,1-3H3,(H,20,22)(H,21,23). The molecule has 2 aromatic carbocycles. The van der Waals surface area contributed by atoms with Gasteiger partial charge in [0, 0.05) is 5.56 Å². The van der Waals surface area contributed by atoms with Crippen molar-refractivity contribution in [3.8, 4) is 5.75 Å². The third kappa shape index (κ3) is 5.12. The first-order valence-electron chi connectivity index (χ1n) is 7.84. The van der Waals surface area contributed by atoms with Gasteiger partial charge in [-0.05, 0) is 42.7 Å². The second-order valence-electron chi connectivity index (χ2n) is 5.88. The number of carbonyl (C=O) groups excluding carboxylic acids is 2. The second kappa shape index (κ2) is 8.15. The molecular formula is C19H22N2O3. The van der Waals surface area contributed by atoms with E-state index < -0.39 is 5.91 Å². The van der Waals surface area contributed by atoms with Gasteiger partial charge in [0.1, 0.15) is 5.75 Å². The molecule has 2 rings (SSSR count). The quantitative estimate of drug-likeness (QED) is 0.830. The Kier molecular flexibility index (Phi) is 5.95. The average Bonchev–Trinajstić information content (AvgIpc) is 2.58. The highest BCUT2D eigenvalue weighted by atomic mass is 16.5. The number of aryl methyl sites for hydroxylation is 1. The monoisotopic (exact) mass is 326 g/mol. The van der Waals surface area contributed by atoms with E-state index in [1.807, 2.05) is 37.3 Å². The summed E-state index contributed by atoms with van der Waals surface area (Å²) in [4.78, 5) is 23.7. The summed E-state index contributed by atoms with van der Waals surface area (Å²) in [6.07, 6.45) is 0. The number of ether oxygens (including phenoxy) is 1. The Labute approximate surface area is 142 Å². The molecule has 0 heterocycles. The SMILES string of the molecule is Cc1cccc(C(=O)NNC(=O)COc2ccc(C(C)C)cc2)c1. The van der Waals surface area contributed by atoms with Crippen molar-refractivity contribution in [3.63, 3.8) is 0 Å². The Bertz CT molecular complexity index is 709. The fourth-order valence-electron chi connectivity index (χ4n) is 2.12. The van der Waals surface area contributed by atoms with E-state index in [0.717, 1.165) is 5.56 Å². The van der Waals surface area contributed by atoms with Crippen LogP contribution in [0, 0.1) is 6.92 Å². The fraction of sp³-hybridized carbons (Fsp3) is 0.263. The lowest BCUT2D eigenvalue weighted by molar-refractivity contribution is -0.123. The third-order valence-electron chi connectivity index (χ3n) is 3.51. The Balaban J connectivity index is 1.78. The average molecular weight is 326 g/mol. The van der Waals surface area contributed by atoms with Crippen molar-refractivity contribution < 1.29 is 14.3 Å². The van der Waals surface area contributed by atoms with Gasteiger partial charge in [0.05, 0.1) is 0 Å². The second-order valence-corrected chi connectivity index (χ2v) is 5.88. The minimum Gasteiger partial charge on any atom is -0.484 e. The van der Waals surface area contributed by atoms with E-state index in [2.05, 4.69) is 24.7 Å². The zero-order valence-corrected chi connectivity index (χ0v) is 14.1. The van der Waals surface area contributed by atoms with Gasteiger partial charge in [-0.2, -0.15) is 0 Å². The third-order valence-corrected chi connectivity index (χ3v) is 3.51. The minimum absolute atomic E-state index is 0.172. The maximum atomic E-state index is 11.9. The van der Waals surface area contributed by atoms with Crippen molar-refractivity contribution in [2.24, 2.45) is 0 Å². The van der Waals surface area contributed by atoms with Crippen LogP contribution in [0.1, 0.15) is 41.3 Å². The Morgan fingerprint density at radius 3 is 2.38 bits per heavy atom. The summed E-state index contributed by atoms with van der Waals surface area (Å²) in [5.74, 6) is 0.260. The van der Waals surface area contributed by atoms with Crippen LogP contribution in [-0.2, 0) is 4.79 Å². The summed E-state index contributed by atoms with van der Waals surface area (Å²) in [7, 11) is 0. The van der Waals surface area contributed by atoms with Crippen molar-refractivity contribution in [2.75, 3.05) is 6.61 Å². The van der Waals surface area contributed by atoms with Crippen molar-refractivity contribution >= 4 is 11.8 Å². The Morgan fingerprint density at radius 2 is 1.75 bits per heavy atom. The molecule has 0 fully saturated rings. The molecule has 0 bridgehead atoms. The topological polar surface area (TPSA) is 67.4 Å². The number of rotatable bonds is 5. The van der Waals surface area contributed by atoms with E-state index in [1.54, 1.807) is 18.2 Å². The summed E-state index contributed by atoms with van der Waals surface area (Å²) in [6.45, 7) is 5.95. The van der Waals surface area contributed by atoms with Gasteiger partial charge in [-0.3, -0.25) is 20.4 Å². The largest absolute Gasteiger partial charge is 0.484 e. The molecular weight excluding hydrogens is 304 g/mol. The number of hydrogen-bond acceptors (Lipinski definition) is 3.